The van der Waals surface area contributed by atoms with E-state index in [1.807, 2.05) is 16.8 Å². The zero-order valence-electron chi connectivity index (χ0n) is 12.6. The third-order valence-electron chi connectivity index (χ3n) is 4.57. The highest BCUT2D eigenvalue weighted by Gasteiger charge is 2.26. The van der Waals surface area contributed by atoms with E-state index < -0.39 is 5.43 Å². The number of halogens is 1. The molecule has 0 saturated heterocycles. The Bertz CT molecular complexity index is 970. The number of aromatic hydroxyl groups is 1. The summed E-state index contributed by atoms with van der Waals surface area (Å²) in [5.41, 5.74) is 1.83. The highest BCUT2D eigenvalue weighted by Crippen LogP contribution is 2.36. The lowest BCUT2D eigenvalue weighted by molar-refractivity contribution is 0.295. The molecule has 1 aromatic carbocycles. The van der Waals surface area contributed by atoms with Gasteiger partial charge in [-0.3, -0.25) is 4.79 Å². The van der Waals surface area contributed by atoms with Gasteiger partial charge in [-0.25, -0.2) is 4.68 Å². The van der Waals surface area contributed by atoms with E-state index in [1.54, 1.807) is 19.1 Å². The largest absolute Gasteiger partial charge is 0.503 e. The third-order valence-corrected chi connectivity index (χ3v) is 4.90. The highest BCUT2D eigenvalue weighted by molar-refractivity contribution is 6.33. The van der Waals surface area contributed by atoms with Crippen LogP contribution in [0.3, 0.4) is 0 Å². The maximum atomic E-state index is 12.6. The molecule has 0 aliphatic heterocycles. The number of benzene rings is 1. The molecular weight excluding hydrogens is 314 g/mol. The zero-order chi connectivity index (χ0) is 16.1. The molecule has 5 nitrogen and oxygen atoms in total. The van der Waals surface area contributed by atoms with E-state index in [4.69, 9.17) is 11.6 Å². The Balaban J connectivity index is 2.05. The van der Waals surface area contributed by atoms with Crippen LogP contribution in [0.1, 0.15) is 31.0 Å². The van der Waals surface area contributed by atoms with E-state index in [2.05, 4.69) is 10.1 Å². The lowest BCUT2D eigenvalue weighted by atomic mass is 9.93. The second-order valence-electron chi connectivity index (χ2n) is 6.00. The van der Waals surface area contributed by atoms with E-state index in [1.165, 1.54) is 6.42 Å². The van der Waals surface area contributed by atoms with Gasteiger partial charge in [0, 0.05) is 5.56 Å². The minimum Gasteiger partial charge on any atom is -0.503 e. The van der Waals surface area contributed by atoms with Crippen molar-refractivity contribution >= 4 is 22.6 Å². The Morgan fingerprint density at radius 2 is 2.09 bits per heavy atom. The minimum atomic E-state index is -0.406. The molecule has 23 heavy (non-hydrogen) atoms. The second kappa shape index (κ2) is 5.13. The average molecular weight is 330 g/mol. The van der Waals surface area contributed by atoms with Crippen LogP contribution in [0.2, 0.25) is 5.02 Å². The van der Waals surface area contributed by atoms with Crippen LogP contribution in [0.5, 0.6) is 5.75 Å². The van der Waals surface area contributed by atoms with Crippen LogP contribution in [-0.2, 0) is 0 Å². The van der Waals surface area contributed by atoms with Crippen molar-refractivity contribution in [3.63, 3.8) is 0 Å². The molecule has 3 aromatic rings. The predicted molar refractivity (Wildman–Crippen MR) is 90.1 cm³/mol. The van der Waals surface area contributed by atoms with Gasteiger partial charge in [0.15, 0.2) is 5.75 Å². The molecule has 0 unspecified atom stereocenters. The van der Waals surface area contributed by atoms with Gasteiger partial charge in [0.2, 0.25) is 5.43 Å². The lowest BCUT2D eigenvalue weighted by Gasteiger charge is -2.26. The van der Waals surface area contributed by atoms with E-state index in [-0.39, 0.29) is 5.75 Å². The van der Waals surface area contributed by atoms with Gasteiger partial charge in [0.25, 0.3) is 0 Å². The minimum absolute atomic E-state index is 0.311. The normalized spacial score (nSPS) is 15.0. The van der Waals surface area contributed by atoms with Crippen molar-refractivity contribution in [3.8, 4) is 17.0 Å². The number of aromatic amines is 1. The fraction of sp³-hybridized carbons (Fsp3) is 0.294. The van der Waals surface area contributed by atoms with Gasteiger partial charge in [-0.15, -0.1) is 0 Å². The molecule has 0 atom stereocenters. The molecule has 0 bridgehead atoms. The summed E-state index contributed by atoms with van der Waals surface area (Å²) in [6.07, 6.45) is 3.28. The number of pyridine rings is 1. The van der Waals surface area contributed by atoms with E-state index >= 15 is 0 Å². The van der Waals surface area contributed by atoms with Crippen molar-refractivity contribution in [2.24, 2.45) is 0 Å². The van der Waals surface area contributed by atoms with Gasteiger partial charge in [-0.2, -0.15) is 5.10 Å². The summed E-state index contributed by atoms with van der Waals surface area (Å²) in [5.74, 6) is -0.318. The standard InChI is InChI=1S/C17H16ClN3O2/c1-9-13-15(22)16(23)14(11-7-2-3-8-12(11)18)19-17(13)21(20-9)10-5-4-6-10/h2-3,7-8,10,23H,4-6H2,1H3,(H,19,22). The van der Waals surface area contributed by atoms with Crippen molar-refractivity contribution in [2.75, 3.05) is 0 Å². The van der Waals surface area contributed by atoms with Crippen LogP contribution in [0.15, 0.2) is 29.1 Å². The Hall–Kier alpha value is -2.27. The first-order chi connectivity index (χ1) is 11.1. The first kappa shape index (κ1) is 14.3. The Kier molecular flexibility index (Phi) is 3.20. The van der Waals surface area contributed by atoms with Gasteiger partial charge in [0.05, 0.1) is 27.8 Å². The fourth-order valence-corrected chi connectivity index (χ4v) is 3.33. The van der Waals surface area contributed by atoms with Gasteiger partial charge in [-0.05, 0) is 32.3 Å². The van der Waals surface area contributed by atoms with Crippen LogP contribution in [0.4, 0.5) is 0 Å². The number of hydrogen-bond donors (Lipinski definition) is 2. The second-order valence-corrected chi connectivity index (χ2v) is 6.40. The molecule has 118 valence electrons. The summed E-state index contributed by atoms with van der Waals surface area (Å²) >= 11 is 6.22. The molecule has 1 fully saturated rings. The Labute approximate surface area is 137 Å². The molecule has 2 heterocycles. The molecule has 6 heteroatoms. The Morgan fingerprint density at radius 3 is 2.74 bits per heavy atom. The molecule has 1 aliphatic carbocycles. The molecular formula is C17H16ClN3O2. The number of fused-ring (bicyclic) bond motifs is 1. The molecule has 2 aromatic heterocycles. The monoisotopic (exact) mass is 329 g/mol. The molecule has 4 rings (SSSR count). The summed E-state index contributed by atoms with van der Waals surface area (Å²) < 4.78 is 1.88. The van der Waals surface area contributed by atoms with Crippen molar-refractivity contribution in [3.05, 3.63) is 45.2 Å². The van der Waals surface area contributed by atoms with Gasteiger partial charge >= 0.3 is 0 Å². The summed E-state index contributed by atoms with van der Waals surface area (Å²) in [4.78, 5) is 15.8. The first-order valence-electron chi connectivity index (χ1n) is 7.67. The smallest absolute Gasteiger partial charge is 0.235 e. The number of nitrogens with zero attached hydrogens (tertiary/aromatic N) is 2. The Morgan fingerprint density at radius 1 is 1.35 bits per heavy atom. The zero-order valence-corrected chi connectivity index (χ0v) is 13.4. The SMILES string of the molecule is Cc1nn(C2CCC2)c2[nH]c(-c3ccccc3Cl)c(O)c(=O)c12. The maximum Gasteiger partial charge on any atom is 0.235 e. The van der Waals surface area contributed by atoms with Crippen LogP contribution in [0, 0.1) is 6.92 Å². The lowest BCUT2D eigenvalue weighted by Crippen LogP contribution is -2.19. The fourth-order valence-electron chi connectivity index (χ4n) is 3.10. The maximum absolute atomic E-state index is 12.6. The van der Waals surface area contributed by atoms with Gasteiger partial charge in [0.1, 0.15) is 5.65 Å². The van der Waals surface area contributed by atoms with Crippen molar-refractivity contribution < 1.29 is 5.11 Å². The summed E-state index contributed by atoms with van der Waals surface area (Å²) in [6.45, 7) is 1.79. The number of aryl methyl sites for hydroxylation is 1. The highest BCUT2D eigenvalue weighted by atomic mass is 35.5. The number of hydrogen-bond acceptors (Lipinski definition) is 3. The molecule has 2 N–H and O–H groups in total. The third kappa shape index (κ3) is 2.07. The quantitative estimate of drug-likeness (QED) is 0.751. The molecule has 0 amide bonds. The average Bonchev–Trinajstić information content (AvgIpc) is 2.78. The summed E-state index contributed by atoms with van der Waals surface area (Å²) in [7, 11) is 0. The number of H-pyrrole nitrogens is 1. The van der Waals surface area contributed by atoms with Crippen molar-refractivity contribution in [1.29, 1.82) is 0 Å². The number of rotatable bonds is 2. The predicted octanol–water partition coefficient (Wildman–Crippen LogP) is 3.78. The molecule has 0 radical (unpaired) electrons. The topological polar surface area (TPSA) is 70.9 Å². The molecule has 1 aliphatic rings. The van der Waals surface area contributed by atoms with E-state index in [0.29, 0.717) is 39.0 Å². The summed E-state index contributed by atoms with van der Waals surface area (Å²) in [5, 5.41) is 15.8. The summed E-state index contributed by atoms with van der Waals surface area (Å²) in [6, 6.07) is 7.44. The van der Waals surface area contributed by atoms with Gasteiger partial charge < -0.3 is 10.1 Å². The number of aromatic nitrogens is 3. The van der Waals surface area contributed by atoms with E-state index in [9.17, 15) is 9.90 Å². The molecule has 1 saturated carbocycles. The first-order valence-corrected chi connectivity index (χ1v) is 8.04. The van der Waals surface area contributed by atoms with Crippen molar-refractivity contribution in [1.82, 2.24) is 14.8 Å². The molecule has 0 spiro atoms. The number of nitrogens with one attached hydrogen (secondary N) is 1. The van der Waals surface area contributed by atoms with Crippen LogP contribution in [-0.4, -0.2) is 19.9 Å². The van der Waals surface area contributed by atoms with Crippen LogP contribution in [0.25, 0.3) is 22.3 Å². The van der Waals surface area contributed by atoms with E-state index in [0.717, 1.165) is 12.8 Å². The van der Waals surface area contributed by atoms with Crippen LogP contribution < -0.4 is 5.43 Å². The van der Waals surface area contributed by atoms with Crippen LogP contribution >= 0.6 is 11.6 Å². The van der Waals surface area contributed by atoms with Gasteiger partial charge in [-0.1, -0.05) is 29.8 Å². The van der Waals surface area contributed by atoms with Crippen molar-refractivity contribution in [2.45, 2.75) is 32.2 Å².